The van der Waals surface area contributed by atoms with Crippen LogP contribution in [0.5, 0.6) is 0 Å². The molecule has 1 aliphatic heterocycles. The maximum atomic E-state index is 13.2. The summed E-state index contributed by atoms with van der Waals surface area (Å²) >= 11 is 3.52. The molecule has 100 valence electrons. The van der Waals surface area contributed by atoms with Gasteiger partial charge in [-0.3, -0.25) is 4.79 Å². The molecule has 1 fully saturated rings. The first kappa shape index (κ1) is 12.9. The molecule has 0 spiro atoms. The Labute approximate surface area is 116 Å². The van der Waals surface area contributed by atoms with Crippen LogP contribution in [0.3, 0.4) is 0 Å². The lowest BCUT2D eigenvalue weighted by atomic mass is 10.2. The fraction of sp³-hybridized carbons (Fsp3) is 0.333. The summed E-state index contributed by atoms with van der Waals surface area (Å²) in [5.74, 6) is 1.47. The van der Waals surface area contributed by atoms with Gasteiger partial charge >= 0.3 is 0 Å². The molecule has 1 aromatic carbocycles. The molecule has 3 rings (SSSR count). The third-order valence-electron chi connectivity index (χ3n) is 2.89. The van der Waals surface area contributed by atoms with Gasteiger partial charge in [-0.2, -0.15) is 11.8 Å². The summed E-state index contributed by atoms with van der Waals surface area (Å²) in [6.45, 7) is 0. The molecule has 7 heteroatoms. The van der Waals surface area contributed by atoms with E-state index in [1.54, 1.807) is 23.5 Å². The molecule has 2 aromatic rings. The topological polar surface area (TPSA) is 45.8 Å². The highest BCUT2D eigenvalue weighted by Crippen LogP contribution is 2.34. The van der Waals surface area contributed by atoms with E-state index in [0.717, 1.165) is 29.4 Å². The van der Waals surface area contributed by atoms with Crippen LogP contribution in [-0.2, 0) is 0 Å². The zero-order chi connectivity index (χ0) is 13.4. The maximum absolute atomic E-state index is 13.2. The van der Waals surface area contributed by atoms with Crippen LogP contribution < -0.4 is 5.56 Å². The number of hydrogen-bond acceptors (Lipinski definition) is 4. The fourth-order valence-electron chi connectivity index (χ4n) is 1.95. The molecule has 1 atom stereocenters. The zero-order valence-electron chi connectivity index (χ0n) is 9.78. The standard InChI is InChI=1S/C12H10F2N2OS2/c13-7-3-6-9(4-8(7)14)15-11(16-12(6)17)10-5-18-1-2-19-10/h3-4,10H,1-2,5H2,(H,15,16,17)/t10-/m1/s1. The number of thioether (sulfide) groups is 2. The van der Waals surface area contributed by atoms with E-state index >= 15 is 0 Å². The predicted molar refractivity (Wildman–Crippen MR) is 74.8 cm³/mol. The molecular weight excluding hydrogens is 290 g/mol. The van der Waals surface area contributed by atoms with Gasteiger partial charge in [0.2, 0.25) is 0 Å². The van der Waals surface area contributed by atoms with E-state index < -0.39 is 17.2 Å². The van der Waals surface area contributed by atoms with Crippen LogP contribution in [0.15, 0.2) is 16.9 Å². The summed E-state index contributed by atoms with van der Waals surface area (Å²) in [7, 11) is 0. The Morgan fingerprint density at radius 2 is 2.05 bits per heavy atom. The minimum Gasteiger partial charge on any atom is -0.309 e. The molecule has 0 radical (unpaired) electrons. The van der Waals surface area contributed by atoms with Crippen LogP contribution in [0.4, 0.5) is 8.78 Å². The lowest BCUT2D eigenvalue weighted by Gasteiger charge is -2.20. The molecule has 0 amide bonds. The number of halogens is 2. The number of nitrogens with zero attached hydrogens (tertiary/aromatic N) is 1. The average Bonchev–Trinajstić information content (AvgIpc) is 2.42. The quantitative estimate of drug-likeness (QED) is 0.879. The third-order valence-corrected chi connectivity index (χ3v) is 5.65. The van der Waals surface area contributed by atoms with Gasteiger partial charge in [0.25, 0.3) is 5.56 Å². The summed E-state index contributed by atoms with van der Waals surface area (Å²) < 4.78 is 26.3. The average molecular weight is 300 g/mol. The van der Waals surface area contributed by atoms with Crippen molar-refractivity contribution in [3.8, 4) is 0 Å². The Balaban J connectivity index is 2.13. The van der Waals surface area contributed by atoms with Gasteiger partial charge in [0.05, 0.1) is 16.2 Å². The van der Waals surface area contributed by atoms with Crippen molar-refractivity contribution in [2.75, 3.05) is 17.3 Å². The molecule has 2 heterocycles. The van der Waals surface area contributed by atoms with Gasteiger partial charge in [0.15, 0.2) is 11.6 Å². The number of H-pyrrole nitrogens is 1. The number of fused-ring (bicyclic) bond motifs is 1. The van der Waals surface area contributed by atoms with Gasteiger partial charge < -0.3 is 4.98 Å². The first-order valence-corrected chi connectivity index (χ1v) is 7.94. The monoisotopic (exact) mass is 300 g/mol. The highest BCUT2D eigenvalue weighted by Gasteiger charge is 2.20. The van der Waals surface area contributed by atoms with Crippen LogP contribution in [0.1, 0.15) is 11.1 Å². The Morgan fingerprint density at radius 3 is 2.79 bits per heavy atom. The molecule has 3 nitrogen and oxygen atoms in total. The highest BCUT2D eigenvalue weighted by atomic mass is 32.2. The largest absolute Gasteiger partial charge is 0.309 e. The van der Waals surface area contributed by atoms with E-state index in [1.807, 2.05) is 0 Å². The van der Waals surface area contributed by atoms with Gasteiger partial charge in [-0.15, -0.1) is 11.8 Å². The smallest absolute Gasteiger partial charge is 0.258 e. The van der Waals surface area contributed by atoms with Crippen LogP contribution in [0, 0.1) is 11.6 Å². The Bertz CT molecular complexity index is 683. The summed E-state index contributed by atoms with van der Waals surface area (Å²) in [6, 6.07) is 1.87. The fourth-order valence-corrected chi connectivity index (χ4v) is 4.57. The second kappa shape index (κ2) is 5.13. The van der Waals surface area contributed by atoms with Crippen molar-refractivity contribution in [3.05, 3.63) is 39.9 Å². The van der Waals surface area contributed by atoms with Crippen molar-refractivity contribution in [1.29, 1.82) is 0 Å². The van der Waals surface area contributed by atoms with Crippen molar-refractivity contribution in [1.82, 2.24) is 9.97 Å². The molecule has 1 aromatic heterocycles. The van der Waals surface area contributed by atoms with E-state index in [4.69, 9.17) is 0 Å². The number of aromatic nitrogens is 2. The van der Waals surface area contributed by atoms with Gasteiger partial charge in [0.1, 0.15) is 5.82 Å². The van der Waals surface area contributed by atoms with Crippen molar-refractivity contribution in [2.24, 2.45) is 0 Å². The van der Waals surface area contributed by atoms with Gasteiger partial charge in [-0.05, 0) is 6.07 Å². The molecule has 0 unspecified atom stereocenters. The van der Waals surface area contributed by atoms with Crippen LogP contribution in [0.2, 0.25) is 0 Å². The Hall–Kier alpha value is -1.08. The molecule has 0 saturated carbocycles. The van der Waals surface area contributed by atoms with E-state index in [0.29, 0.717) is 5.82 Å². The molecule has 1 saturated heterocycles. The number of hydrogen-bond donors (Lipinski definition) is 1. The molecule has 0 aliphatic carbocycles. The second-order valence-electron chi connectivity index (χ2n) is 4.17. The minimum atomic E-state index is -1.03. The predicted octanol–water partition coefficient (Wildman–Crippen LogP) is 2.72. The van der Waals surface area contributed by atoms with Gasteiger partial charge in [0, 0.05) is 23.3 Å². The number of aromatic amines is 1. The number of benzene rings is 1. The molecule has 19 heavy (non-hydrogen) atoms. The van der Waals surface area contributed by atoms with Crippen LogP contribution in [-0.4, -0.2) is 27.2 Å². The summed E-state index contributed by atoms with van der Waals surface area (Å²) in [4.78, 5) is 18.8. The molecule has 1 N–H and O–H groups in total. The van der Waals surface area contributed by atoms with E-state index in [-0.39, 0.29) is 16.2 Å². The molecule has 0 bridgehead atoms. The van der Waals surface area contributed by atoms with Crippen LogP contribution >= 0.6 is 23.5 Å². The lowest BCUT2D eigenvalue weighted by molar-refractivity contribution is 0.510. The normalized spacial score (nSPS) is 19.8. The first-order chi connectivity index (χ1) is 9.15. The van der Waals surface area contributed by atoms with Crippen LogP contribution in [0.25, 0.3) is 10.9 Å². The van der Waals surface area contributed by atoms with Crippen molar-refractivity contribution in [2.45, 2.75) is 5.25 Å². The number of nitrogens with one attached hydrogen (secondary N) is 1. The molecular formula is C12H10F2N2OS2. The first-order valence-electron chi connectivity index (χ1n) is 5.73. The Kier molecular flexibility index (Phi) is 3.49. The number of rotatable bonds is 1. The maximum Gasteiger partial charge on any atom is 0.258 e. The van der Waals surface area contributed by atoms with Gasteiger partial charge in [-0.1, -0.05) is 0 Å². The van der Waals surface area contributed by atoms with Crippen molar-refractivity contribution >= 4 is 34.4 Å². The summed E-state index contributed by atoms with van der Waals surface area (Å²) in [6.07, 6.45) is 0. The SMILES string of the molecule is O=c1[nH]c([C@H]2CSCCS2)nc2cc(F)c(F)cc12. The Morgan fingerprint density at radius 1 is 1.26 bits per heavy atom. The molecule has 1 aliphatic rings. The van der Waals surface area contributed by atoms with Gasteiger partial charge in [-0.25, -0.2) is 13.8 Å². The zero-order valence-corrected chi connectivity index (χ0v) is 11.4. The van der Waals surface area contributed by atoms with E-state index in [1.165, 1.54) is 0 Å². The lowest BCUT2D eigenvalue weighted by Crippen LogP contribution is -2.17. The summed E-state index contributed by atoms with van der Waals surface area (Å²) in [5, 5.41) is 0.181. The van der Waals surface area contributed by atoms with E-state index in [9.17, 15) is 13.6 Å². The third kappa shape index (κ3) is 2.49. The highest BCUT2D eigenvalue weighted by molar-refractivity contribution is 8.06. The summed E-state index contributed by atoms with van der Waals surface area (Å²) in [5.41, 5.74) is -0.219. The van der Waals surface area contributed by atoms with Crippen molar-refractivity contribution in [3.63, 3.8) is 0 Å². The second-order valence-corrected chi connectivity index (χ2v) is 6.63. The van der Waals surface area contributed by atoms with E-state index in [2.05, 4.69) is 9.97 Å². The minimum absolute atomic E-state index is 0.0797. The van der Waals surface area contributed by atoms with Crippen molar-refractivity contribution < 1.29 is 8.78 Å².